The summed E-state index contributed by atoms with van der Waals surface area (Å²) in [5.41, 5.74) is 1.73. The van der Waals surface area contributed by atoms with Crippen LogP contribution in [0.4, 0.5) is 0 Å². The molecule has 0 saturated heterocycles. The number of ketones is 1. The zero-order valence-corrected chi connectivity index (χ0v) is 22.1. The van der Waals surface area contributed by atoms with Gasteiger partial charge in [0.25, 0.3) is 0 Å². The lowest BCUT2D eigenvalue weighted by molar-refractivity contribution is -0.117. The minimum atomic E-state index is -3.24. The fraction of sp³-hybridized carbons (Fsp3) is 0.250. The van der Waals surface area contributed by atoms with Gasteiger partial charge in [-0.05, 0) is 61.4 Å². The van der Waals surface area contributed by atoms with Crippen molar-refractivity contribution in [2.75, 3.05) is 5.75 Å². The van der Waals surface area contributed by atoms with Crippen LogP contribution in [0.15, 0.2) is 71.6 Å². The van der Waals surface area contributed by atoms with E-state index in [9.17, 15) is 13.2 Å². The largest absolute Gasteiger partial charge is 0.475 e. The first-order chi connectivity index (χ1) is 16.5. The Morgan fingerprint density at radius 2 is 1.46 bits per heavy atom. The number of halogens is 2. The average molecular weight is 529 g/mol. The SMILES string of the molecule is CCS(=O)(=O)c1ccc(CC(=O)Cc2ccc(C#CC(C)(C)Oc3ccc(Cl)c(Cl)c3)cc2)cc1. The van der Waals surface area contributed by atoms with Gasteiger partial charge in [-0.2, -0.15) is 0 Å². The maximum absolute atomic E-state index is 12.5. The summed E-state index contributed by atoms with van der Waals surface area (Å²) in [4.78, 5) is 12.8. The Labute approximate surface area is 217 Å². The van der Waals surface area contributed by atoms with Gasteiger partial charge < -0.3 is 4.74 Å². The van der Waals surface area contributed by atoms with Gasteiger partial charge in [-0.3, -0.25) is 4.79 Å². The second-order valence-corrected chi connectivity index (χ2v) is 11.7. The maximum atomic E-state index is 12.5. The highest BCUT2D eigenvalue weighted by Gasteiger charge is 2.17. The fourth-order valence-corrected chi connectivity index (χ4v) is 4.46. The summed E-state index contributed by atoms with van der Waals surface area (Å²) in [6, 6.07) is 19.1. The van der Waals surface area contributed by atoms with Gasteiger partial charge in [-0.1, -0.05) is 66.2 Å². The van der Waals surface area contributed by atoms with E-state index in [0.717, 1.165) is 16.7 Å². The molecule has 0 aromatic heterocycles. The summed E-state index contributed by atoms with van der Waals surface area (Å²) < 4.78 is 29.8. The molecule has 0 bridgehead atoms. The van der Waals surface area contributed by atoms with Crippen molar-refractivity contribution in [3.05, 3.63) is 93.5 Å². The Hall–Kier alpha value is -2.78. The van der Waals surface area contributed by atoms with E-state index in [0.29, 0.717) is 15.8 Å². The van der Waals surface area contributed by atoms with Crippen molar-refractivity contribution in [3.63, 3.8) is 0 Å². The zero-order valence-electron chi connectivity index (χ0n) is 19.8. The fourth-order valence-electron chi connectivity index (χ4n) is 3.29. The lowest BCUT2D eigenvalue weighted by Gasteiger charge is -2.20. The Balaban J connectivity index is 1.58. The summed E-state index contributed by atoms with van der Waals surface area (Å²) in [5.74, 6) is 6.89. The molecule has 0 unspecified atom stereocenters. The predicted molar refractivity (Wildman–Crippen MR) is 141 cm³/mol. The lowest BCUT2D eigenvalue weighted by Crippen LogP contribution is -2.25. The molecule has 3 aromatic rings. The molecular formula is C28H26Cl2O4S. The number of carbonyl (C=O) groups is 1. The summed E-state index contributed by atoms with van der Waals surface area (Å²) in [6.45, 7) is 5.33. The number of ether oxygens (including phenoxy) is 1. The van der Waals surface area contributed by atoms with E-state index in [4.69, 9.17) is 27.9 Å². The van der Waals surface area contributed by atoms with E-state index in [1.54, 1.807) is 49.4 Å². The van der Waals surface area contributed by atoms with Crippen molar-refractivity contribution < 1.29 is 17.9 Å². The van der Waals surface area contributed by atoms with Gasteiger partial charge in [0, 0.05) is 24.5 Å². The van der Waals surface area contributed by atoms with Crippen molar-refractivity contribution in [2.24, 2.45) is 0 Å². The molecule has 0 saturated carbocycles. The molecule has 0 aliphatic carbocycles. The minimum absolute atomic E-state index is 0.0473. The third-order valence-corrected chi connectivity index (χ3v) is 7.68. The average Bonchev–Trinajstić information content (AvgIpc) is 2.81. The third kappa shape index (κ3) is 7.86. The molecule has 0 fully saturated rings. The van der Waals surface area contributed by atoms with Crippen molar-refractivity contribution in [1.29, 1.82) is 0 Å². The van der Waals surface area contributed by atoms with Crippen LogP contribution >= 0.6 is 23.2 Å². The number of Topliss-reactive ketones (excluding diaryl/α,β-unsaturated/α-hetero) is 1. The summed E-state index contributed by atoms with van der Waals surface area (Å²) in [5, 5.41) is 0.876. The number of hydrogen-bond donors (Lipinski definition) is 0. The van der Waals surface area contributed by atoms with Crippen LogP contribution in [0.2, 0.25) is 10.0 Å². The molecular weight excluding hydrogens is 503 g/mol. The van der Waals surface area contributed by atoms with E-state index in [2.05, 4.69) is 11.8 Å². The van der Waals surface area contributed by atoms with Crippen LogP contribution < -0.4 is 4.74 Å². The van der Waals surface area contributed by atoms with Gasteiger partial charge in [-0.15, -0.1) is 0 Å². The van der Waals surface area contributed by atoms with Crippen LogP contribution in [0.1, 0.15) is 37.5 Å². The highest BCUT2D eigenvalue weighted by Crippen LogP contribution is 2.28. The van der Waals surface area contributed by atoms with Crippen molar-refractivity contribution in [3.8, 4) is 17.6 Å². The smallest absolute Gasteiger partial charge is 0.178 e. The highest BCUT2D eigenvalue weighted by molar-refractivity contribution is 7.91. The van der Waals surface area contributed by atoms with E-state index < -0.39 is 15.4 Å². The van der Waals surface area contributed by atoms with Crippen LogP contribution in [-0.2, 0) is 27.5 Å². The molecule has 0 heterocycles. The molecule has 182 valence electrons. The van der Waals surface area contributed by atoms with Crippen LogP contribution in [0.5, 0.6) is 5.75 Å². The maximum Gasteiger partial charge on any atom is 0.178 e. The molecule has 0 aliphatic heterocycles. The molecule has 3 rings (SSSR count). The van der Waals surface area contributed by atoms with Crippen molar-refractivity contribution in [1.82, 2.24) is 0 Å². The van der Waals surface area contributed by atoms with Gasteiger partial charge in [0.05, 0.1) is 20.7 Å². The zero-order chi connectivity index (χ0) is 25.6. The third-order valence-electron chi connectivity index (χ3n) is 5.19. The Morgan fingerprint density at radius 3 is 2.00 bits per heavy atom. The van der Waals surface area contributed by atoms with E-state index in [1.807, 2.05) is 38.1 Å². The van der Waals surface area contributed by atoms with Crippen molar-refractivity contribution in [2.45, 2.75) is 44.1 Å². The topological polar surface area (TPSA) is 60.4 Å². The van der Waals surface area contributed by atoms with Crippen LogP contribution in [-0.4, -0.2) is 25.6 Å². The molecule has 0 radical (unpaired) electrons. The molecule has 0 aliphatic rings. The number of rotatable bonds is 8. The first kappa shape index (κ1) is 26.8. The Kier molecular flexibility index (Phi) is 8.66. The van der Waals surface area contributed by atoms with Gasteiger partial charge in [0.15, 0.2) is 15.4 Å². The molecule has 35 heavy (non-hydrogen) atoms. The standard InChI is InChI=1S/C28H26Cl2O4S/c1-4-35(32,33)25-12-9-22(10-13-25)18-23(31)17-21-7-5-20(6-8-21)15-16-28(2,3)34-24-11-14-26(29)27(30)19-24/h5-14,19H,4,17-18H2,1-3H3. The monoisotopic (exact) mass is 528 g/mol. The van der Waals surface area contributed by atoms with Crippen LogP contribution in [0.25, 0.3) is 0 Å². The van der Waals surface area contributed by atoms with E-state index >= 15 is 0 Å². The number of hydrogen-bond acceptors (Lipinski definition) is 4. The first-order valence-corrected chi connectivity index (χ1v) is 13.5. The molecule has 3 aromatic carbocycles. The normalized spacial score (nSPS) is 11.5. The molecule has 0 spiro atoms. The van der Waals surface area contributed by atoms with Gasteiger partial charge in [0.1, 0.15) is 11.5 Å². The molecule has 4 nitrogen and oxygen atoms in total. The first-order valence-electron chi connectivity index (χ1n) is 11.1. The highest BCUT2D eigenvalue weighted by atomic mass is 35.5. The van der Waals surface area contributed by atoms with Gasteiger partial charge in [0.2, 0.25) is 0 Å². The van der Waals surface area contributed by atoms with Crippen molar-refractivity contribution >= 4 is 38.8 Å². The van der Waals surface area contributed by atoms with Crippen LogP contribution in [0.3, 0.4) is 0 Å². The molecule has 0 atom stereocenters. The second kappa shape index (κ2) is 11.3. The quantitative estimate of drug-likeness (QED) is 0.319. The van der Waals surface area contributed by atoms with E-state index in [-0.39, 0.29) is 29.3 Å². The lowest BCUT2D eigenvalue weighted by atomic mass is 10.0. The van der Waals surface area contributed by atoms with Gasteiger partial charge >= 0.3 is 0 Å². The summed E-state index contributed by atoms with van der Waals surface area (Å²) in [6.07, 6.45) is 0.531. The van der Waals surface area contributed by atoms with E-state index in [1.165, 1.54) is 0 Å². The Morgan fingerprint density at radius 1 is 0.886 bits per heavy atom. The summed E-state index contributed by atoms with van der Waals surface area (Å²) in [7, 11) is -3.24. The number of sulfone groups is 1. The predicted octanol–water partition coefficient (Wildman–Crippen LogP) is 6.35. The van der Waals surface area contributed by atoms with Crippen LogP contribution in [0, 0.1) is 11.8 Å². The molecule has 0 N–H and O–H groups in total. The Bertz CT molecular complexity index is 1370. The summed E-state index contributed by atoms with van der Waals surface area (Å²) >= 11 is 12.0. The second-order valence-electron chi connectivity index (χ2n) is 8.57. The van der Waals surface area contributed by atoms with Gasteiger partial charge in [-0.25, -0.2) is 8.42 Å². The minimum Gasteiger partial charge on any atom is -0.475 e. The molecule has 7 heteroatoms. The molecule has 0 amide bonds. The number of benzene rings is 3. The number of carbonyl (C=O) groups excluding carboxylic acids is 1.